The number of fused-ring (bicyclic) bond motifs is 2. The molecular formula is C40H58IN4NaO6. The molecule has 0 spiro atoms. The Hall–Kier alpha value is -2.03. The molecule has 4 heterocycles. The van der Waals surface area contributed by atoms with Crippen LogP contribution in [0.4, 0.5) is 0 Å². The molecule has 0 amide bonds. The maximum Gasteiger partial charge on any atom is 1.00 e. The van der Waals surface area contributed by atoms with Crippen LogP contribution < -0.4 is 29.6 Å². The molecule has 10 nitrogen and oxygen atoms in total. The zero-order valence-electron chi connectivity index (χ0n) is 34.4. The second-order valence-electron chi connectivity index (χ2n) is 15.8. The number of rotatable bonds is 9. The van der Waals surface area contributed by atoms with Gasteiger partial charge >= 0.3 is 41.5 Å². The van der Waals surface area contributed by atoms with Crippen molar-refractivity contribution in [3.05, 3.63) is 59.2 Å². The zero-order valence-corrected chi connectivity index (χ0v) is 37.6. The van der Waals surface area contributed by atoms with Crippen LogP contribution in [0.5, 0.6) is 0 Å². The van der Waals surface area contributed by atoms with Gasteiger partial charge in [-0.2, -0.15) is 0 Å². The van der Waals surface area contributed by atoms with E-state index in [0.29, 0.717) is 23.0 Å². The van der Waals surface area contributed by atoms with E-state index in [-0.39, 0.29) is 61.1 Å². The molecule has 4 aromatic heterocycles. The summed E-state index contributed by atoms with van der Waals surface area (Å²) in [7, 11) is 1.77. The van der Waals surface area contributed by atoms with Gasteiger partial charge in [-0.15, -0.1) is 0 Å². The third-order valence-corrected chi connectivity index (χ3v) is 9.47. The largest absolute Gasteiger partial charge is 1.00 e. The van der Waals surface area contributed by atoms with Crippen molar-refractivity contribution >= 4 is 56.6 Å². The Labute approximate surface area is 346 Å². The molecule has 0 saturated heterocycles. The van der Waals surface area contributed by atoms with Crippen molar-refractivity contribution in [2.24, 2.45) is 11.8 Å². The van der Waals surface area contributed by atoms with Crippen molar-refractivity contribution in [2.75, 3.05) is 12.0 Å². The molecule has 4 aromatic rings. The van der Waals surface area contributed by atoms with Crippen molar-refractivity contribution in [3.8, 4) is 0 Å². The number of halogens is 1. The summed E-state index contributed by atoms with van der Waals surface area (Å²) < 4.78 is 21.1. The summed E-state index contributed by atoms with van der Waals surface area (Å²) in [4.78, 5) is 36.5. The van der Waals surface area contributed by atoms with Gasteiger partial charge in [0.15, 0.2) is 0 Å². The Morgan fingerprint density at radius 1 is 0.788 bits per heavy atom. The van der Waals surface area contributed by atoms with Gasteiger partial charge in [0.05, 0.1) is 35.4 Å². The molecule has 0 radical (unpaired) electrons. The smallest absolute Gasteiger partial charge is 1.00 e. The number of aliphatic hydroxyl groups is 1. The van der Waals surface area contributed by atoms with Gasteiger partial charge < -0.3 is 29.9 Å². The van der Waals surface area contributed by atoms with Gasteiger partial charge in [0.1, 0.15) is 22.5 Å². The molecule has 2 fully saturated rings. The maximum atomic E-state index is 12.8. The van der Waals surface area contributed by atoms with Gasteiger partial charge in [0.25, 0.3) is 0 Å². The number of ether oxygens (including phenoxy) is 3. The summed E-state index contributed by atoms with van der Waals surface area (Å²) in [5, 5.41) is 12.2. The molecule has 1 N–H and O–H groups in total. The average Bonchev–Trinajstić information content (AvgIpc) is 3.99. The Bertz CT molecular complexity index is 1840. The Morgan fingerprint density at radius 2 is 1.17 bits per heavy atom. The van der Waals surface area contributed by atoms with Crippen LogP contribution in [0.15, 0.2) is 36.7 Å². The van der Waals surface area contributed by atoms with Crippen LogP contribution >= 0.6 is 22.6 Å². The summed E-state index contributed by atoms with van der Waals surface area (Å²) in [6.45, 7) is 19.2. The van der Waals surface area contributed by atoms with Gasteiger partial charge in [-0.1, -0.05) is 22.6 Å². The number of pyridine rings is 2. The van der Waals surface area contributed by atoms with E-state index in [9.17, 15) is 14.7 Å². The van der Waals surface area contributed by atoms with E-state index in [4.69, 9.17) is 14.2 Å². The van der Waals surface area contributed by atoms with Crippen LogP contribution in [0, 0.1) is 25.7 Å². The minimum atomic E-state index is -0.556. The van der Waals surface area contributed by atoms with Gasteiger partial charge in [-0.3, -0.25) is 0 Å². The summed E-state index contributed by atoms with van der Waals surface area (Å²) in [6.07, 6.45) is 7.72. The molecular weight excluding hydrogens is 782 g/mol. The average molecular weight is 841 g/mol. The Kier molecular flexibility index (Phi) is 15.4. The first-order chi connectivity index (χ1) is 23.9. The van der Waals surface area contributed by atoms with E-state index < -0.39 is 17.3 Å². The molecule has 4 atom stereocenters. The number of carbonyl (C=O) groups excluding carboxylic acids is 2. The van der Waals surface area contributed by atoms with Crippen molar-refractivity contribution < 1.29 is 59.9 Å². The number of aliphatic hydroxyl groups excluding tert-OH is 1. The van der Waals surface area contributed by atoms with Crippen molar-refractivity contribution in [3.63, 3.8) is 0 Å². The molecule has 6 rings (SSSR count). The monoisotopic (exact) mass is 840 g/mol. The van der Waals surface area contributed by atoms with Crippen molar-refractivity contribution in [2.45, 2.75) is 130 Å². The first-order valence-electron chi connectivity index (χ1n) is 17.9. The van der Waals surface area contributed by atoms with Crippen LogP contribution in [0.3, 0.4) is 0 Å². The molecule has 52 heavy (non-hydrogen) atoms. The minimum absolute atomic E-state index is 0. The predicted molar refractivity (Wildman–Crippen MR) is 212 cm³/mol. The molecule has 4 unspecified atom stereocenters. The second-order valence-corrected chi connectivity index (χ2v) is 15.8. The third kappa shape index (κ3) is 10.2. The number of esters is 2. The maximum absolute atomic E-state index is 12.8. The summed E-state index contributed by atoms with van der Waals surface area (Å²) in [5.41, 5.74) is 3.29. The SMILES string of the molecule is CI.COC(C1CC1)C(C)n1c(C)c(C(=O)OC(C)(C)C)c2cccnc21.Cc1c(C(=O)OC(C)(C)C)c2cccnc2n1C(C)C(O)C1CC1.[H-].[Na+]. The van der Waals surface area contributed by atoms with E-state index in [0.717, 1.165) is 46.3 Å². The van der Waals surface area contributed by atoms with Gasteiger partial charge in [-0.05, 0) is 136 Å². The van der Waals surface area contributed by atoms with Crippen molar-refractivity contribution in [1.29, 1.82) is 0 Å². The molecule has 0 aliphatic heterocycles. The van der Waals surface area contributed by atoms with E-state index >= 15 is 0 Å². The second kappa shape index (κ2) is 18.1. The number of alkyl halides is 1. The molecule has 2 aliphatic rings. The zero-order chi connectivity index (χ0) is 38.0. The predicted octanol–water partition coefficient (Wildman–Crippen LogP) is 6.09. The summed E-state index contributed by atoms with van der Waals surface area (Å²) in [6, 6.07) is 7.48. The first-order valence-corrected chi connectivity index (χ1v) is 20.1. The quantitative estimate of drug-likeness (QED) is 0.0933. The van der Waals surface area contributed by atoms with E-state index in [1.165, 1.54) is 12.8 Å². The number of methoxy groups -OCH3 is 1. The van der Waals surface area contributed by atoms with Gasteiger partial charge in [0.2, 0.25) is 0 Å². The Balaban J connectivity index is 0.000000338. The topological polar surface area (TPSA) is 118 Å². The van der Waals surface area contributed by atoms with Crippen molar-refractivity contribution in [1.82, 2.24) is 19.1 Å². The molecule has 12 heteroatoms. The molecule has 0 bridgehead atoms. The summed E-state index contributed by atoms with van der Waals surface area (Å²) >= 11 is 2.15. The molecule has 282 valence electrons. The molecule has 2 aliphatic carbocycles. The fourth-order valence-electron chi connectivity index (χ4n) is 7.03. The van der Waals surface area contributed by atoms with E-state index in [2.05, 4.69) is 44.0 Å². The Morgan fingerprint density at radius 3 is 1.52 bits per heavy atom. The number of hydrogen-bond acceptors (Lipinski definition) is 8. The van der Waals surface area contributed by atoms with E-state index in [1.807, 2.05) is 96.1 Å². The van der Waals surface area contributed by atoms with Gasteiger partial charge in [-0.25, -0.2) is 19.6 Å². The molecule has 0 aromatic carbocycles. The number of aromatic nitrogens is 4. The van der Waals surface area contributed by atoms with Crippen LogP contribution in [0.1, 0.15) is 127 Å². The van der Waals surface area contributed by atoms with Crippen LogP contribution in [0.25, 0.3) is 22.1 Å². The number of nitrogens with zero attached hydrogens (tertiary/aromatic N) is 4. The van der Waals surface area contributed by atoms with Crippen LogP contribution in [0.2, 0.25) is 0 Å². The third-order valence-electron chi connectivity index (χ3n) is 9.47. The normalized spacial score (nSPS) is 16.7. The molecule has 2 saturated carbocycles. The summed E-state index contributed by atoms with van der Waals surface area (Å²) in [5.74, 6) is 0.301. The van der Waals surface area contributed by atoms with E-state index in [1.54, 1.807) is 19.5 Å². The minimum Gasteiger partial charge on any atom is -1.00 e. The number of hydrogen-bond donors (Lipinski definition) is 1. The fraction of sp³-hybridized carbons (Fsp3) is 0.600. The first kappa shape index (κ1) is 44.4. The van der Waals surface area contributed by atoms with Crippen LogP contribution in [-0.2, 0) is 14.2 Å². The fourth-order valence-corrected chi connectivity index (χ4v) is 7.03. The van der Waals surface area contributed by atoms with Gasteiger partial charge in [0, 0.05) is 41.7 Å². The van der Waals surface area contributed by atoms with Crippen LogP contribution in [-0.4, -0.2) is 71.6 Å². The standard InChI is InChI=1S/C20H28N2O3.C19H26N2O3.CH3I.Na.H/c1-12-16(19(23)25-20(3,4)5)15-8-7-11-21-18(15)22(12)13(2)17(24-6)14-9-10-14;1-11-15(18(23)24-19(3,4)5)14-7-6-10-20-17(14)21(11)12(2)16(22)13-8-9-13;1-2;;/h7-8,11,13-14,17H,9-10H2,1-6H3;6-7,10,12-13,16,22H,8-9H2,1-5H3;1H3;;/q;;;+1;-1. The number of carbonyl (C=O) groups is 2.